The van der Waals surface area contributed by atoms with Crippen LogP contribution in [0.5, 0.6) is 0 Å². The van der Waals surface area contributed by atoms with E-state index in [0.29, 0.717) is 12.8 Å². The Kier molecular flexibility index (Phi) is 22.1. The smallest absolute Gasteiger partial charge is 0.334 e. The highest BCUT2D eigenvalue weighted by molar-refractivity contribution is 5.88. The molecule has 0 aliphatic carbocycles. The summed E-state index contributed by atoms with van der Waals surface area (Å²) in [6.45, 7) is 24.6. The third kappa shape index (κ3) is 14.5. The Morgan fingerprint density at radius 2 is 0.932 bits per heavy atom. The highest BCUT2D eigenvalue weighted by atomic mass is 16.7. The molecule has 0 aromatic heterocycles. The fourth-order valence-corrected chi connectivity index (χ4v) is 11.8. The number of carbonyl (C=O) groups is 2. The maximum atomic E-state index is 13.9. The molecule has 5 heterocycles. The molecule has 0 aromatic rings. The lowest BCUT2D eigenvalue weighted by atomic mass is 9.76. The lowest BCUT2D eigenvalue weighted by molar-refractivity contribution is -0.345. The Morgan fingerprint density at radius 3 is 1.24 bits per heavy atom. The molecule has 5 aliphatic heterocycles. The molecule has 8 N–H and O–H groups in total. The third-order valence-electron chi connectivity index (χ3n) is 17.1. The number of esters is 2. The summed E-state index contributed by atoms with van der Waals surface area (Å²) >= 11 is 0. The third-order valence-corrected chi connectivity index (χ3v) is 17.1. The molecule has 0 amide bonds. The number of carbonyl (C=O) groups excluding carboxylic acids is 2. The van der Waals surface area contributed by atoms with Crippen molar-refractivity contribution >= 4 is 11.9 Å². The molecule has 0 bridgehead atoms. The van der Waals surface area contributed by atoms with Gasteiger partial charge in [-0.25, -0.2) is 9.59 Å². The standard InChI is InChI=1S/C56H92O18/c1-15-39-35(11)73-55(65,25-43(39)69-45-23-41(57)49(61)37(13)67-45)33(9)47(59)31(7)51-27(3)19-17-21-30(6)54(64)72-52(28(4)20-18-22-29(5)53(63)71-51)32(8)48(60)34(10)56(66)26-44(40(16-2)36(12)74-56)70-46-24-42(58)50(62)38(14)68-46/h17-22,27-28,31-52,57-62,65-66H,15-16,23-26H2,1-14H3/b19-17+,20-18+,29-22+,30-21+/t27-,28-,31-,32-,33-,34-,35+,36+,37-,38-,39+,40+,41-,42-,43+,44+,45-,46?,47+,48+,49+,50+,51-,52-,55+,56+/m0/s1. The Labute approximate surface area is 439 Å². The molecular formula is C56H92O18. The van der Waals surface area contributed by atoms with Crippen LogP contribution in [0.4, 0.5) is 0 Å². The Morgan fingerprint density at radius 1 is 0.595 bits per heavy atom. The van der Waals surface area contributed by atoms with Gasteiger partial charge in [-0.15, -0.1) is 0 Å². The van der Waals surface area contributed by atoms with Crippen LogP contribution in [0, 0.1) is 47.3 Å². The summed E-state index contributed by atoms with van der Waals surface area (Å²) in [6.07, 6.45) is -2.54. The van der Waals surface area contributed by atoms with E-state index in [4.69, 9.17) is 37.9 Å². The van der Waals surface area contributed by atoms with Crippen molar-refractivity contribution in [3.05, 3.63) is 47.6 Å². The summed E-state index contributed by atoms with van der Waals surface area (Å²) in [5, 5.41) is 90.1. The molecule has 4 saturated heterocycles. The number of aliphatic hydroxyl groups excluding tert-OH is 6. The van der Waals surface area contributed by atoms with Crippen LogP contribution in [0.3, 0.4) is 0 Å². The van der Waals surface area contributed by atoms with Crippen LogP contribution in [-0.2, 0) is 47.5 Å². The first-order valence-electron chi connectivity index (χ1n) is 27.2. The summed E-state index contributed by atoms with van der Waals surface area (Å²) in [4.78, 5) is 27.8. The largest absolute Gasteiger partial charge is 0.458 e. The zero-order valence-electron chi connectivity index (χ0n) is 46.2. The van der Waals surface area contributed by atoms with Crippen molar-refractivity contribution in [3.63, 3.8) is 0 Å². The predicted molar refractivity (Wildman–Crippen MR) is 272 cm³/mol. The van der Waals surface area contributed by atoms with Gasteiger partial charge in [-0.05, 0) is 54.4 Å². The van der Waals surface area contributed by atoms with Gasteiger partial charge in [-0.1, -0.05) is 91.8 Å². The second kappa shape index (κ2) is 26.3. The van der Waals surface area contributed by atoms with E-state index < -0.39 is 157 Å². The summed E-state index contributed by atoms with van der Waals surface area (Å²) in [5.41, 5.74) is 0.472. The van der Waals surface area contributed by atoms with E-state index in [2.05, 4.69) is 0 Å². The summed E-state index contributed by atoms with van der Waals surface area (Å²) in [7, 11) is 0. The lowest BCUT2D eigenvalue weighted by Gasteiger charge is -2.50. The van der Waals surface area contributed by atoms with Gasteiger partial charge in [0.15, 0.2) is 24.2 Å². The molecule has 424 valence electrons. The number of cyclic esters (lactones) is 2. The molecule has 5 rings (SSSR count). The SMILES string of the molecule is CC[C@@H]1[C@@H](C)O[C@@](O)([C@@H](C)[C@H](O)[C@H](C)[C@H]2OC(=O)/C(C)=C/C=C/[C@H](C)[C@@H]([C@@H](C)[C@@H](O)[C@H](C)[C@@]3(O)C[C@@H](O[C@H]4C[C@H](O)[C@H](O)[C@H](C)O4)[C@H](CC)[C@@H](C)O3)OC(=O)/C(C)=C/C=C/[C@@H]2C)C[C@H]1OC1C[C@H](O)[C@H](O)[C@H](C)O1. The molecule has 4 fully saturated rings. The maximum absolute atomic E-state index is 13.9. The molecule has 18 nitrogen and oxygen atoms in total. The van der Waals surface area contributed by atoms with E-state index in [-0.39, 0.29) is 48.7 Å². The molecule has 0 spiro atoms. The molecular weight excluding hydrogens is 961 g/mol. The van der Waals surface area contributed by atoms with Crippen molar-refractivity contribution < 1.29 is 88.3 Å². The highest BCUT2D eigenvalue weighted by Crippen LogP contribution is 2.45. The van der Waals surface area contributed by atoms with Crippen molar-refractivity contribution in [1.29, 1.82) is 0 Å². The summed E-state index contributed by atoms with van der Waals surface area (Å²) in [5.74, 6) is -9.82. The minimum absolute atomic E-state index is 0.0280. The molecule has 0 radical (unpaired) electrons. The van der Waals surface area contributed by atoms with Crippen LogP contribution in [0.1, 0.15) is 135 Å². The number of aliphatic hydroxyl groups is 8. The second-order valence-corrected chi connectivity index (χ2v) is 22.6. The van der Waals surface area contributed by atoms with Crippen LogP contribution in [-0.4, -0.2) is 162 Å². The van der Waals surface area contributed by atoms with E-state index >= 15 is 0 Å². The molecule has 74 heavy (non-hydrogen) atoms. The average molecular weight is 1050 g/mol. The van der Waals surface area contributed by atoms with Crippen LogP contribution in [0.25, 0.3) is 0 Å². The van der Waals surface area contributed by atoms with Gasteiger partial charge in [0, 0.05) is 84.2 Å². The first-order valence-corrected chi connectivity index (χ1v) is 27.2. The fourth-order valence-electron chi connectivity index (χ4n) is 11.8. The van der Waals surface area contributed by atoms with Crippen molar-refractivity contribution in [2.45, 2.75) is 245 Å². The minimum Gasteiger partial charge on any atom is -0.458 e. The molecule has 26 atom stereocenters. The Hall–Kier alpha value is -2.66. The van der Waals surface area contributed by atoms with Gasteiger partial charge in [-0.3, -0.25) is 0 Å². The zero-order chi connectivity index (χ0) is 55.3. The van der Waals surface area contributed by atoms with Crippen LogP contribution < -0.4 is 0 Å². The molecule has 5 aliphatic rings. The summed E-state index contributed by atoms with van der Waals surface area (Å²) in [6, 6.07) is 0. The molecule has 1 unspecified atom stereocenters. The molecule has 18 heteroatoms. The zero-order valence-corrected chi connectivity index (χ0v) is 46.2. The maximum Gasteiger partial charge on any atom is 0.334 e. The highest BCUT2D eigenvalue weighted by Gasteiger charge is 2.54. The first-order chi connectivity index (χ1) is 34.6. The monoisotopic (exact) mass is 1050 g/mol. The normalized spacial score (nSPS) is 46.0. The van der Waals surface area contributed by atoms with Gasteiger partial charge < -0.3 is 78.7 Å². The van der Waals surface area contributed by atoms with E-state index in [1.54, 1.807) is 91.8 Å². The van der Waals surface area contributed by atoms with Gasteiger partial charge >= 0.3 is 11.9 Å². The number of hydrogen-bond donors (Lipinski definition) is 8. The lowest BCUT2D eigenvalue weighted by Crippen LogP contribution is -2.59. The van der Waals surface area contributed by atoms with Gasteiger partial charge in [0.1, 0.15) is 24.4 Å². The van der Waals surface area contributed by atoms with Crippen LogP contribution in [0.2, 0.25) is 0 Å². The minimum atomic E-state index is -1.89. The van der Waals surface area contributed by atoms with E-state index in [1.807, 2.05) is 41.5 Å². The van der Waals surface area contributed by atoms with Crippen LogP contribution >= 0.6 is 0 Å². The summed E-state index contributed by atoms with van der Waals surface area (Å²) < 4.78 is 49.6. The quantitative estimate of drug-likeness (QED) is 0.108. The van der Waals surface area contributed by atoms with Gasteiger partial charge in [0.2, 0.25) is 0 Å². The van der Waals surface area contributed by atoms with Gasteiger partial charge in [0.05, 0.1) is 61.0 Å². The van der Waals surface area contributed by atoms with Crippen molar-refractivity contribution in [3.8, 4) is 0 Å². The van der Waals surface area contributed by atoms with E-state index in [1.165, 1.54) is 0 Å². The number of rotatable bonds is 14. The molecule has 0 aromatic carbocycles. The predicted octanol–water partition coefficient (Wildman–Crippen LogP) is 4.90. The average Bonchev–Trinajstić information content (AvgIpc) is 3.33. The first kappa shape index (κ1) is 62.2. The van der Waals surface area contributed by atoms with Crippen LogP contribution in [0.15, 0.2) is 47.6 Å². The van der Waals surface area contributed by atoms with Gasteiger partial charge in [-0.2, -0.15) is 0 Å². The van der Waals surface area contributed by atoms with Crippen molar-refractivity contribution in [2.24, 2.45) is 47.3 Å². The molecule has 0 saturated carbocycles. The van der Waals surface area contributed by atoms with Crippen molar-refractivity contribution in [1.82, 2.24) is 0 Å². The Bertz CT molecular complexity index is 1800. The van der Waals surface area contributed by atoms with Gasteiger partial charge in [0.25, 0.3) is 0 Å². The second-order valence-electron chi connectivity index (χ2n) is 22.6. The fraction of sp³-hybridized carbons (Fsp3) is 0.821. The number of hydrogen-bond acceptors (Lipinski definition) is 18. The van der Waals surface area contributed by atoms with E-state index in [0.717, 1.165) is 0 Å². The van der Waals surface area contributed by atoms with E-state index in [9.17, 15) is 50.4 Å². The number of allylic oxidation sites excluding steroid dienone is 4. The van der Waals surface area contributed by atoms with Crippen molar-refractivity contribution in [2.75, 3.05) is 0 Å². The topological polar surface area (TPSA) is 270 Å². The number of ether oxygens (including phenoxy) is 8. The Balaban J connectivity index is 1.33.